The quantitative estimate of drug-likeness (QED) is 0.664. The molecule has 3 unspecified atom stereocenters. The minimum atomic E-state index is -0.735. The number of amides is 1. The second kappa shape index (κ2) is 6.66. The summed E-state index contributed by atoms with van der Waals surface area (Å²) in [6.45, 7) is 0. The highest BCUT2D eigenvalue weighted by atomic mass is 32.1. The normalized spacial score (nSPS) is 24.6. The Balaban J connectivity index is 1.40. The molecule has 2 aliphatic heterocycles. The number of ether oxygens (including phenoxy) is 1. The van der Waals surface area contributed by atoms with Crippen LogP contribution in [0.3, 0.4) is 0 Å². The Hall–Kier alpha value is -2.81. The predicted molar refractivity (Wildman–Crippen MR) is 106 cm³/mol. The maximum Gasteiger partial charge on any atom is 0.257 e. The highest BCUT2D eigenvalue weighted by molar-refractivity contribution is 7.22. The first-order valence-electron chi connectivity index (χ1n) is 9.02. The number of hydrazine groups is 1. The SMILES string of the molecule is COc1ccc(C2CC(=O)C3C(=O)N(c4nc5ccccc5s4)NC3N2)cc1. The number of rotatable bonds is 3. The van der Waals surface area contributed by atoms with Gasteiger partial charge in [0.1, 0.15) is 17.5 Å². The molecule has 1 amide bonds. The second-order valence-corrected chi connectivity index (χ2v) is 7.89. The van der Waals surface area contributed by atoms with Crippen LogP contribution in [0.1, 0.15) is 18.0 Å². The van der Waals surface area contributed by atoms with Gasteiger partial charge in [-0.2, -0.15) is 0 Å². The van der Waals surface area contributed by atoms with Crippen molar-refractivity contribution in [1.29, 1.82) is 0 Å². The van der Waals surface area contributed by atoms with E-state index >= 15 is 0 Å². The summed E-state index contributed by atoms with van der Waals surface area (Å²) < 4.78 is 6.19. The van der Waals surface area contributed by atoms with Crippen LogP contribution in [0, 0.1) is 5.92 Å². The number of fused-ring (bicyclic) bond motifs is 2. The number of carbonyl (C=O) groups excluding carboxylic acids is 2. The molecule has 2 aliphatic rings. The van der Waals surface area contributed by atoms with Crippen LogP contribution < -0.4 is 20.5 Å². The van der Waals surface area contributed by atoms with Crippen LogP contribution in [0.25, 0.3) is 10.2 Å². The van der Waals surface area contributed by atoms with Gasteiger partial charge in [0.05, 0.1) is 23.5 Å². The average Bonchev–Trinajstić information content (AvgIpc) is 3.29. The van der Waals surface area contributed by atoms with Gasteiger partial charge >= 0.3 is 0 Å². The molecular weight excluding hydrogens is 376 g/mol. The minimum Gasteiger partial charge on any atom is -0.497 e. The van der Waals surface area contributed by atoms with Crippen LogP contribution in [0.5, 0.6) is 5.75 Å². The van der Waals surface area contributed by atoms with E-state index in [1.807, 2.05) is 48.5 Å². The Labute approximate surface area is 165 Å². The fourth-order valence-electron chi connectivity index (χ4n) is 3.78. The molecule has 142 valence electrons. The zero-order valence-corrected chi connectivity index (χ0v) is 15.9. The molecule has 0 aliphatic carbocycles. The number of Topliss-reactive ketones (excluding diaryl/α,β-unsaturated/α-hetero) is 1. The van der Waals surface area contributed by atoms with Gasteiger partial charge in [0.25, 0.3) is 5.91 Å². The summed E-state index contributed by atoms with van der Waals surface area (Å²) in [6, 6.07) is 15.2. The van der Waals surface area contributed by atoms with Gasteiger partial charge in [-0.3, -0.25) is 14.9 Å². The van der Waals surface area contributed by atoms with E-state index in [2.05, 4.69) is 15.7 Å². The molecule has 3 aromatic rings. The third-order valence-electron chi connectivity index (χ3n) is 5.21. The number of methoxy groups -OCH3 is 1. The van der Waals surface area contributed by atoms with Crippen LogP contribution in [0.4, 0.5) is 5.13 Å². The van der Waals surface area contributed by atoms with E-state index in [0.717, 1.165) is 21.5 Å². The van der Waals surface area contributed by atoms with Crippen LogP contribution >= 0.6 is 11.3 Å². The third kappa shape index (κ3) is 2.77. The van der Waals surface area contributed by atoms with Gasteiger partial charge in [-0.25, -0.2) is 15.4 Å². The Kier molecular flexibility index (Phi) is 4.12. The molecule has 2 fully saturated rings. The minimum absolute atomic E-state index is 0.0642. The smallest absolute Gasteiger partial charge is 0.257 e. The monoisotopic (exact) mass is 394 g/mol. The number of ketones is 1. The molecule has 0 saturated carbocycles. The fourth-order valence-corrected chi connectivity index (χ4v) is 4.71. The van der Waals surface area contributed by atoms with Crippen LogP contribution in [0.2, 0.25) is 0 Å². The number of anilines is 1. The lowest BCUT2D eigenvalue weighted by molar-refractivity contribution is -0.133. The summed E-state index contributed by atoms with van der Waals surface area (Å²) in [6.07, 6.45) is -0.179. The summed E-state index contributed by atoms with van der Waals surface area (Å²) in [5.41, 5.74) is 4.97. The average molecular weight is 394 g/mol. The Morgan fingerprint density at radius 3 is 2.68 bits per heavy atom. The van der Waals surface area contributed by atoms with Crippen molar-refractivity contribution in [3.63, 3.8) is 0 Å². The molecule has 1 aromatic heterocycles. The number of aromatic nitrogens is 1. The van der Waals surface area contributed by atoms with E-state index in [4.69, 9.17) is 4.74 Å². The van der Waals surface area contributed by atoms with Crippen molar-refractivity contribution in [2.24, 2.45) is 5.92 Å². The number of para-hydroxylation sites is 1. The van der Waals surface area contributed by atoms with Crippen molar-refractivity contribution < 1.29 is 14.3 Å². The first kappa shape index (κ1) is 17.3. The molecule has 2 aromatic carbocycles. The molecule has 0 bridgehead atoms. The van der Waals surface area contributed by atoms with Crippen molar-refractivity contribution >= 4 is 38.4 Å². The van der Waals surface area contributed by atoms with Crippen LogP contribution in [-0.2, 0) is 9.59 Å². The molecule has 0 spiro atoms. The molecule has 2 saturated heterocycles. The topological polar surface area (TPSA) is 83.6 Å². The van der Waals surface area contributed by atoms with Crippen LogP contribution in [0.15, 0.2) is 48.5 Å². The lowest BCUT2D eigenvalue weighted by Crippen LogP contribution is -2.52. The fraction of sp³-hybridized carbons (Fsp3) is 0.250. The highest BCUT2D eigenvalue weighted by Gasteiger charge is 2.50. The number of hydrogen-bond donors (Lipinski definition) is 2. The molecule has 28 heavy (non-hydrogen) atoms. The van der Waals surface area contributed by atoms with Crippen LogP contribution in [-0.4, -0.2) is 29.9 Å². The summed E-state index contributed by atoms with van der Waals surface area (Å²) in [5, 5.41) is 5.38. The second-order valence-electron chi connectivity index (χ2n) is 6.89. The van der Waals surface area contributed by atoms with E-state index in [-0.39, 0.29) is 24.2 Å². The molecule has 0 radical (unpaired) electrons. The van der Waals surface area contributed by atoms with E-state index in [1.54, 1.807) is 7.11 Å². The predicted octanol–water partition coefficient (Wildman–Crippen LogP) is 2.40. The summed E-state index contributed by atoms with van der Waals surface area (Å²) in [4.78, 5) is 30.2. The van der Waals surface area contributed by atoms with Gasteiger partial charge in [0.2, 0.25) is 5.13 Å². The van der Waals surface area contributed by atoms with Crippen molar-refractivity contribution in [2.45, 2.75) is 18.6 Å². The molecule has 2 N–H and O–H groups in total. The zero-order valence-electron chi connectivity index (χ0n) is 15.1. The van der Waals surface area contributed by atoms with Gasteiger partial charge in [-0.1, -0.05) is 35.6 Å². The standard InChI is InChI=1S/C20H18N4O3S/c1-27-12-8-6-11(7-9-12)14-10-15(25)17-18(21-14)23-24(19(17)26)20-22-13-4-2-3-5-16(13)28-20/h2-9,14,17-18,21,23H,10H2,1H3. The van der Waals surface area contributed by atoms with Crippen molar-refractivity contribution in [2.75, 3.05) is 12.1 Å². The van der Waals surface area contributed by atoms with Gasteiger partial charge in [0, 0.05) is 12.5 Å². The lowest BCUT2D eigenvalue weighted by atomic mass is 9.88. The zero-order chi connectivity index (χ0) is 19.3. The molecular formula is C20H18N4O3S. The van der Waals surface area contributed by atoms with Crippen molar-refractivity contribution in [3.8, 4) is 5.75 Å². The first-order valence-corrected chi connectivity index (χ1v) is 9.84. The summed E-state index contributed by atoms with van der Waals surface area (Å²) in [5.74, 6) is -0.290. The Morgan fingerprint density at radius 1 is 1.14 bits per heavy atom. The first-order chi connectivity index (χ1) is 13.6. The number of thiazole rings is 1. The van der Waals surface area contributed by atoms with E-state index in [1.165, 1.54) is 16.3 Å². The molecule has 3 atom stereocenters. The highest BCUT2D eigenvalue weighted by Crippen LogP contribution is 2.35. The van der Waals surface area contributed by atoms with E-state index < -0.39 is 12.1 Å². The van der Waals surface area contributed by atoms with Gasteiger partial charge < -0.3 is 4.74 Å². The lowest BCUT2D eigenvalue weighted by Gasteiger charge is -2.30. The molecule has 8 heteroatoms. The van der Waals surface area contributed by atoms with Crippen molar-refractivity contribution in [1.82, 2.24) is 15.7 Å². The van der Waals surface area contributed by atoms with Gasteiger partial charge in [-0.05, 0) is 29.8 Å². The number of hydrogen-bond acceptors (Lipinski definition) is 7. The number of nitrogens with one attached hydrogen (secondary N) is 2. The van der Waals surface area contributed by atoms with Gasteiger partial charge in [-0.15, -0.1) is 0 Å². The van der Waals surface area contributed by atoms with E-state index in [9.17, 15) is 9.59 Å². The molecule has 5 rings (SSSR count). The Morgan fingerprint density at radius 2 is 1.93 bits per heavy atom. The largest absolute Gasteiger partial charge is 0.497 e. The summed E-state index contributed by atoms with van der Waals surface area (Å²) in [7, 11) is 1.62. The number of benzene rings is 2. The molecule has 3 heterocycles. The summed E-state index contributed by atoms with van der Waals surface area (Å²) >= 11 is 1.42. The maximum absolute atomic E-state index is 12.9. The molecule has 7 nitrogen and oxygen atoms in total. The Bertz CT molecular complexity index is 1030. The maximum atomic E-state index is 12.9. The van der Waals surface area contributed by atoms with E-state index in [0.29, 0.717) is 5.13 Å². The third-order valence-corrected chi connectivity index (χ3v) is 6.23. The number of piperidine rings is 1. The van der Waals surface area contributed by atoms with Crippen molar-refractivity contribution in [3.05, 3.63) is 54.1 Å². The number of nitrogens with zero attached hydrogens (tertiary/aromatic N) is 2. The number of carbonyl (C=O) groups is 2. The van der Waals surface area contributed by atoms with Gasteiger partial charge in [0.15, 0.2) is 0 Å².